The molecule has 1 aliphatic carbocycles. The van der Waals surface area contributed by atoms with Crippen molar-refractivity contribution >= 4 is 17.2 Å². The van der Waals surface area contributed by atoms with Gasteiger partial charge >= 0.3 is 6.18 Å². The predicted octanol–water partition coefficient (Wildman–Crippen LogP) is 3.94. The lowest BCUT2D eigenvalue weighted by Gasteiger charge is -2.37. The standard InChI is InChI=1S/C18H18F3NO2S/c19-18(20,21)13-4-1-3-11(7-13)8-16(24)22-17(12-9-14(23)10-12)15-5-2-6-25-15/h1-7,12,14,17,23H,8-10H2,(H,22,24)/t12?,14?,17-/m1/s1. The van der Waals surface area contributed by atoms with Gasteiger partial charge < -0.3 is 10.4 Å². The van der Waals surface area contributed by atoms with Crippen LogP contribution >= 0.6 is 11.3 Å². The highest BCUT2D eigenvalue weighted by Gasteiger charge is 2.36. The second-order valence-corrected chi connectivity index (χ2v) is 7.30. The maximum Gasteiger partial charge on any atom is 0.416 e. The van der Waals surface area contributed by atoms with Crippen LogP contribution in [0, 0.1) is 5.92 Å². The Labute approximate surface area is 147 Å². The number of aliphatic hydroxyl groups is 1. The van der Waals surface area contributed by atoms with Gasteiger partial charge in [0.1, 0.15) is 0 Å². The first-order valence-corrected chi connectivity index (χ1v) is 8.88. The van der Waals surface area contributed by atoms with Gasteiger partial charge in [-0.25, -0.2) is 0 Å². The number of alkyl halides is 3. The van der Waals surface area contributed by atoms with Crippen LogP contribution in [0.15, 0.2) is 41.8 Å². The minimum Gasteiger partial charge on any atom is -0.393 e. The number of aliphatic hydroxyl groups excluding tert-OH is 1. The van der Waals surface area contributed by atoms with Crippen LogP contribution in [0.2, 0.25) is 0 Å². The molecule has 0 aliphatic heterocycles. The number of amides is 1. The molecule has 0 unspecified atom stereocenters. The van der Waals surface area contributed by atoms with Gasteiger partial charge in [0, 0.05) is 4.88 Å². The van der Waals surface area contributed by atoms with Gasteiger partial charge in [-0.3, -0.25) is 4.79 Å². The summed E-state index contributed by atoms with van der Waals surface area (Å²) in [5.41, 5.74) is -0.430. The topological polar surface area (TPSA) is 49.3 Å². The van der Waals surface area contributed by atoms with Crippen LogP contribution in [0.1, 0.15) is 34.9 Å². The normalized spacial score (nSPS) is 21.4. The molecule has 3 rings (SSSR count). The lowest BCUT2D eigenvalue weighted by atomic mass is 9.76. The molecule has 1 heterocycles. The predicted molar refractivity (Wildman–Crippen MR) is 89.1 cm³/mol. The molecule has 2 N–H and O–H groups in total. The molecule has 1 amide bonds. The maximum absolute atomic E-state index is 12.8. The van der Waals surface area contributed by atoms with E-state index < -0.39 is 11.7 Å². The fourth-order valence-corrected chi connectivity index (χ4v) is 3.93. The van der Waals surface area contributed by atoms with Crippen LogP contribution in [0.25, 0.3) is 0 Å². The molecule has 1 aromatic carbocycles. The van der Waals surface area contributed by atoms with Gasteiger partial charge in [0.15, 0.2) is 0 Å². The molecule has 1 fully saturated rings. The number of halogens is 3. The zero-order valence-electron chi connectivity index (χ0n) is 13.3. The highest BCUT2D eigenvalue weighted by atomic mass is 32.1. The molecule has 134 valence electrons. The number of carbonyl (C=O) groups is 1. The van der Waals surface area contributed by atoms with Gasteiger partial charge in [-0.1, -0.05) is 24.3 Å². The number of hydrogen-bond donors (Lipinski definition) is 2. The van der Waals surface area contributed by atoms with Gasteiger partial charge in [0.25, 0.3) is 0 Å². The first kappa shape index (κ1) is 17.9. The van der Waals surface area contributed by atoms with Crippen LogP contribution < -0.4 is 5.32 Å². The van der Waals surface area contributed by atoms with E-state index in [-0.39, 0.29) is 30.4 Å². The Morgan fingerprint density at radius 1 is 1.28 bits per heavy atom. The molecule has 1 aliphatic rings. The summed E-state index contributed by atoms with van der Waals surface area (Å²) in [4.78, 5) is 13.3. The maximum atomic E-state index is 12.8. The smallest absolute Gasteiger partial charge is 0.393 e. The van der Waals surface area contributed by atoms with Crippen molar-refractivity contribution in [1.29, 1.82) is 0 Å². The molecular formula is C18H18F3NO2S. The molecular weight excluding hydrogens is 351 g/mol. The summed E-state index contributed by atoms with van der Waals surface area (Å²) in [6, 6.07) is 8.43. The van der Waals surface area contributed by atoms with E-state index in [9.17, 15) is 23.1 Å². The third-order valence-corrected chi connectivity index (χ3v) is 5.36. The van der Waals surface area contributed by atoms with E-state index in [4.69, 9.17) is 0 Å². The third kappa shape index (κ3) is 4.41. The molecule has 1 aromatic heterocycles. The Hall–Kier alpha value is -1.86. The molecule has 7 heteroatoms. The van der Waals surface area contributed by atoms with Crippen molar-refractivity contribution in [2.24, 2.45) is 5.92 Å². The van der Waals surface area contributed by atoms with Crippen LogP contribution in [-0.4, -0.2) is 17.1 Å². The Bertz CT molecular complexity index is 724. The quantitative estimate of drug-likeness (QED) is 0.839. The summed E-state index contributed by atoms with van der Waals surface area (Å²) < 4.78 is 38.3. The van der Waals surface area contributed by atoms with Crippen molar-refractivity contribution in [2.45, 2.75) is 37.6 Å². The largest absolute Gasteiger partial charge is 0.416 e. The lowest BCUT2D eigenvalue weighted by molar-refractivity contribution is -0.137. The summed E-state index contributed by atoms with van der Waals surface area (Å²) in [7, 11) is 0. The number of thiophene rings is 1. The zero-order valence-corrected chi connectivity index (χ0v) is 14.1. The van der Waals surface area contributed by atoms with E-state index >= 15 is 0 Å². The van der Waals surface area contributed by atoms with Crippen LogP contribution in [0.4, 0.5) is 13.2 Å². The molecule has 25 heavy (non-hydrogen) atoms. The van der Waals surface area contributed by atoms with Crippen LogP contribution in [0.3, 0.4) is 0 Å². The monoisotopic (exact) mass is 369 g/mol. The number of nitrogens with one attached hydrogen (secondary N) is 1. The first-order valence-electron chi connectivity index (χ1n) is 8.00. The fraction of sp³-hybridized carbons (Fsp3) is 0.389. The van der Waals surface area contributed by atoms with E-state index in [2.05, 4.69) is 5.32 Å². The highest BCUT2D eigenvalue weighted by molar-refractivity contribution is 7.10. The second kappa shape index (κ2) is 7.17. The highest BCUT2D eigenvalue weighted by Crippen LogP contribution is 2.39. The van der Waals surface area contributed by atoms with E-state index in [0.717, 1.165) is 17.0 Å². The molecule has 3 nitrogen and oxygen atoms in total. The Morgan fingerprint density at radius 3 is 2.64 bits per heavy atom. The average Bonchev–Trinajstić information content (AvgIpc) is 3.03. The van der Waals surface area contributed by atoms with E-state index in [1.165, 1.54) is 23.5 Å². The first-order chi connectivity index (χ1) is 11.8. The Kier molecular flexibility index (Phi) is 5.15. The summed E-state index contributed by atoms with van der Waals surface area (Å²) in [6.07, 6.45) is -3.64. The molecule has 0 radical (unpaired) electrons. The van der Waals surface area contributed by atoms with E-state index in [1.54, 1.807) is 0 Å². The number of rotatable bonds is 5. The number of hydrogen-bond acceptors (Lipinski definition) is 3. The number of benzene rings is 1. The van der Waals surface area contributed by atoms with Crippen molar-refractivity contribution < 1.29 is 23.1 Å². The van der Waals surface area contributed by atoms with Crippen LogP contribution in [0.5, 0.6) is 0 Å². The Morgan fingerprint density at radius 2 is 2.04 bits per heavy atom. The van der Waals surface area contributed by atoms with E-state index in [1.807, 2.05) is 17.5 Å². The molecule has 1 atom stereocenters. The summed E-state index contributed by atoms with van der Waals surface area (Å²) in [5, 5.41) is 14.4. The minimum atomic E-state index is -4.42. The second-order valence-electron chi connectivity index (χ2n) is 6.32. The average molecular weight is 369 g/mol. The van der Waals surface area contributed by atoms with Gasteiger partial charge in [-0.2, -0.15) is 13.2 Å². The lowest BCUT2D eigenvalue weighted by Crippen LogP contribution is -2.41. The third-order valence-electron chi connectivity index (χ3n) is 4.41. The molecule has 0 saturated heterocycles. The molecule has 0 bridgehead atoms. The molecule has 0 spiro atoms. The summed E-state index contributed by atoms with van der Waals surface area (Å²) in [6.45, 7) is 0. The fourth-order valence-electron chi connectivity index (χ4n) is 3.06. The van der Waals surface area contributed by atoms with Gasteiger partial charge in [-0.05, 0) is 41.8 Å². The van der Waals surface area contributed by atoms with Crippen LogP contribution in [-0.2, 0) is 17.4 Å². The van der Waals surface area contributed by atoms with Crippen molar-refractivity contribution in [1.82, 2.24) is 5.32 Å². The summed E-state index contributed by atoms with van der Waals surface area (Å²) in [5.74, 6) is -0.168. The minimum absolute atomic E-state index is 0.110. The van der Waals surface area contributed by atoms with Gasteiger partial charge in [-0.15, -0.1) is 11.3 Å². The molecule has 2 aromatic rings. The summed E-state index contributed by atoms with van der Waals surface area (Å²) >= 11 is 1.52. The molecule has 1 saturated carbocycles. The van der Waals surface area contributed by atoms with E-state index in [0.29, 0.717) is 18.4 Å². The van der Waals surface area contributed by atoms with Gasteiger partial charge in [0.2, 0.25) is 5.91 Å². The van der Waals surface area contributed by atoms with Crippen molar-refractivity contribution in [2.75, 3.05) is 0 Å². The van der Waals surface area contributed by atoms with Crippen molar-refractivity contribution in [3.63, 3.8) is 0 Å². The Balaban J connectivity index is 1.68. The van der Waals surface area contributed by atoms with Crippen molar-refractivity contribution in [3.8, 4) is 0 Å². The van der Waals surface area contributed by atoms with Crippen molar-refractivity contribution in [3.05, 3.63) is 57.8 Å². The SMILES string of the molecule is O=C(Cc1cccc(C(F)(F)F)c1)N[C@@H](c1cccs1)C1CC(O)C1. The number of carbonyl (C=O) groups excluding carboxylic acids is 1. The van der Waals surface area contributed by atoms with Gasteiger partial charge in [0.05, 0.1) is 24.1 Å². The zero-order chi connectivity index (χ0) is 18.0.